The van der Waals surface area contributed by atoms with E-state index in [0.717, 1.165) is 59.7 Å². The van der Waals surface area contributed by atoms with E-state index in [1.165, 1.54) is 11.1 Å². The molecule has 1 unspecified atom stereocenters. The van der Waals surface area contributed by atoms with Gasteiger partial charge in [-0.3, -0.25) is 0 Å². The number of rotatable bonds is 16. The van der Waals surface area contributed by atoms with Crippen molar-refractivity contribution in [3.8, 4) is 17.2 Å². The molecule has 1 saturated carbocycles. The minimum Gasteiger partial charge on any atom is -0.497 e. The molecule has 338 valence electrons. The lowest BCUT2D eigenvalue weighted by Crippen LogP contribution is -2.49. The summed E-state index contributed by atoms with van der Waals surface area (Å²) in [5.41, 5.74) is 4.65. The van der Waals surface area contributed by atoms with Crippen molar-refractivity contribution in [3.63, 3.8) is 0 Å². The molecule has 12 heteroatoms. The summed E-state index contributed by atoms with van der Waals surface area (Å²) >= 11 is 6.49. The predicted octanol–water partition coefficient (Wildman–Crippen LogP) is 9.93. The maximum Gasteiger partial charge on any atom is 0.338 e. The highest BCUT2D eigenvalue weighted by Crippen LogP contribution is 2.47. The van der Waals surface area contributed by atoms with E-state index >= 15 is 0 Å². The number of aryl methyl sites for hydroxylation is 1. The van der Waals surface area contributed by atoms with Crippen LogP contribution in [-0.2, 0) is 39.7 Å². The number of nitrogens with zero attached hydrogens (tertiary/aromatic N) is 2. The van der Waals surface area contributed by atoms with E-state index in [9.17, 15) is 18.3 Å². The highest BCUT2D eigenvalue weighted by molar-refractivity contribution is 7.89. The Hall–Kier alpha value is -4.55. The number of ether oxygens (including phenoxy) is 4. The third kappa shape index (κ3) is 11.0. The van der Waals surface area contributed by atoms with Gasteiger partial charge < -0.3 is 29.0 Å². The van der Waals surface area contributed by atoms with Crippen LogP contribution in [0.5, 0.6) is 17.2 Å². The minimum atomic E-state index is -3.72. The van der Waals surface area contributed by atoms with Crippen LogP contribution in [-0.4, -0.2) is 74.7 Å². The molecule has 0 radical (unpaired) electrons. The van der Waals surface area contributed by atoms with Gasteiger partial charge in [0.05, 0.1) is 43.4 Å². The van der Waals surface area contributed by atoms with Crippen LogP contribution in [0, 0.1) is 11.8 Å². The zero-order valence-corrected chi connectivity index (χ0v) is 39.1. The molecule has 1 fully saturated rings. The lowest BCUT2D eigenvalue weighted by Gasteiger charge is -2.45. The summed E-state index contributed by atoms with van der Waals surface area (Å²) in [6.45, 7) is 9.68. The number of methoxy groups -OCH3 is 2. The molecule has 1 spiro atoms. The van der Waals surface area contributed by atoms with Gasteiger partial charge in [-0.25, -0.2) is 13.2 Å². The van der Waals surface area contributed by atoms with Gasteiger partial charge in [0.15, 0.2) is 0 Å². The molecule has 1 heterocycles. The molecule has 0 amide bonds. The van der Waals surface area contributed by atoms with E-state index in [2.05, 4.69) is 17.0 Å². The van der Waals surface area contributed by atoms with Crippen LogP contribution in [0.3, 0.4) is 0 Å². The Labute approximate surface area is 379 Å². The summed E-state index contributed by atoms with van der Waals surface area (Å²) in [6, 6.07) is 26.7. The predicted molar refractivity (Wildman–Crippen MR) is 250 cm³/mol. The number of allylic oxidation sites excluding steroid dienone is 1. The fourth-order valence-electron chi connectivity index (χ4n) is 9.35. The Bertz CT molecular complexity index is 2300. The monoisotopic (exact) mass is 898 g/mol. The molecule has 1 N–H and O–H groups in total. The summed E-state index contributed by atoms with van der Waals surface area (Å²) < 4.78 is 53.0. The van der Waals surface area contributed by atoms with Crippen molar-refractivity contribution in [2.24, 2.45) is 11.8 Å². The number of esters is 1. The first-order chi connectivity index (χ1) is 30.1. The third-order valence-electron chi connectivity index (χ3n) is 13.0. The average Bonchev–Trinajstić information content (AvgIpc) is 3.39. The molecule has 2 aliphatic carbocycles. The molecule has 5 atom stereocenters. The molecular formula is C51H63ClN2O8S. The first-order valence-corrected chi connectivity index (χ1v) is 24.1. The molecule has 3 aliphatic rings. The number of carbonyl (C=O) groups excluding carboxylic acids is 1. The number of hydrogen-bond donors (Lipinski definition) is 1. The lowest BCUT2D eigenvalue weighted by molar-refractivity contribution is 0.00694. The Kier molecular flexibility index (Phi) is 14.5. The van der Waals surface area contributed by atoms with Crippen LogP contribution in [0.25, 0.3) is 0 Å². The zero-order chi connectivity index (χ0) is 44.9. The first kappa shape index (κ1) is 46.4. The molecular weight excluding hydrogens is 836 g/mol. The molecule has 63 heavy (non-hydrogen) atoms. The molecule has 0 bridgehead atoms. The third-order valence-corrected chi connectivity index (χ3v) is 15.5. The highest BCUT2D eigenvalue weighted by Gasteiger charge is 2.44. The fraction of sp³-hybridized carbons (Fsp3) is 0.471. The normalized spacial score (nSPS) is 20.9. The van der Waals surface area contributed by atoms with Crippen molar-refractivity contribution in [1.29, 1.82) is 0 Å². The summed E-state index contributed by atoms with van der Waals surface area (Å²) in [5.74, 6) is 1.98. The summed E-state index contributed by atoms with van der Waals surface area (Å²) in [4.78, 5) is 15.7. The van der Waals surface area contributed by atoms with Crippen molar-refractivity contribution in [2.75, 3.05) is 38.8 Å². The van der Waals surface area contributed by atoms with Gasteiger partial charge in [0.2, 0.25) is 10.0 Å². The minimum absolute atomic E-state index is 0.0296. The van der Waals surface area contributed by atoms with Crippen LogP contribution in [0.4, 0.5) is 5.69 Å². The summed E-state index contributed by atoms with van der Waals surface area (Å²) in [6.07, 6.45) is 8.80. The van der Waals surface area contributed by atoms with Gasteiger partial charge >= 0.3 is 5.97 Å². The Morgan fingerprint density at radius 1 is 0.968 bits per heavy atom. The Morgan fingerprint density at radius 3 is 2.24 bits per heavy atom. The van der Waals surface area contributed by atoms with Gasteiger partial charge in [-0.1, -0.05) is 54.1 Å². The van der Waals surface area contributed by atoms with Gasteiger partial charge in [-0.2, -0.15) is 4.31 Å². The SMILES string of the molecule is COc1ccc(CN(Cc2ccc(OC)cc2)S(=O)(=O)[C@@H](C)CC/C=C/[C@H](O)[C@@H]2CC[C@H]2CN2CC3(CCCc4cc(Cl)ccc43)COc3ccc(C(=O)OC(C)(C)C)cc32)cc1. The van der Waals surface area contributed by atoms with E-state index in [-0.39, 0.29) is 36.3 Å². The van der Waals surface area contributed by atoms with E-state index in [1.54, 1.807) is 31.5 Å². The first-order valence-electron chi connectivity index (χ1n) is 22.2. The number of aliphatic hydroxyl groups is 1. The highest BCUT2D eigenvalue weighted by atomic mass is 35.5. The van der Waals surface area contributed by atoms with Gasteiger partial charge in [0.25, 0.3) is 0 Å². The van der Waals surface area contributed by atoms with Crippen LogP contribution < -0.4 is 19.1 Å². The van der Waals surface area contributed by atoms with Gasteiger partial charge in [0.1, 0.15) is 22.8 Å². The standard InChI is InChI=1S/C51H63ClN2O8S/c1-35(63(57,58)54(30-36-13-20-42(59-5)21-14-36)31-37-15-22-43(60-6)23-16-37)10-7-8-12-47(55)44-24-17-40(44)32-53-33-51(27-9-11-38-28-41(52)19-25-45(38)51)34-61-48-26-18-39(29-46(48)53)49(56)62-50(2,3)4/h8,12-16,18-23,25-26,28-29,35,40,44,47,55H,7,9-11,17,24,27,30-34H2,1-6H3/b12-8+/t35-,40-,44+,47-,51?/m0/s1. The number of aliphatic hydroxyl groups excluding tert-OH is 1. The van der Waals surface area contributed by atoms with Crippen LogP contribution >= 0.6 is 11.6 Å². The van der Waals surface area contributed by atoms with Crippen LogP contribution in [0.2, 0.25) is 5.02 Å². The molecule has 0 saturated heterocycles. The van der Waals surface area contributed by atoms with Gasteiger partial charge in [-0.15, -0.1) is 0 Å². The number of hydrogen-bond acceptors (Lipinski definition) is 9. The van der Waals surface area contributed by atoms with E-state index < -0.39 is 27.0 Å². The van der Waals surface area contributed by atoms with Gasteiger partial charge in [0, 0.05) is 36.6 Å². The van der Waals surface area contributed by atoms with E-state index in [1.807, 2.05) is 99.7 Å². The van der Waals surface area contributed by atoms with Crippen LogP contribution in [0.15, 0.2) is 97.1 Å². The number of halogens is 1. The summed E-state index contributed by atoms with van der Waals surface area (Å²) in [7, 11) is -0.509. The van der Waals surface area contributed by atoms with Crippen molar-refractivity contribution in [2.45, 2.75) is 108 Å². The Balaban J connectivity index is 1.04. The second-order valence-electron chi connectivity index (χ2n) is 18.6. The van der Waals surface area contributed by atoms with Crippen molar-refractivity contribution in [3.05, 3.63) is 130 Å². The van der Waals surface area contributed by atoms with E-state index in [0.29, 0.717) is 49.6 Å². The van der Waals surface area contributed by atoms with Gasteiger partial charge in [-0.05, 0) is 161 Å². The smallest absolute Gasteiger partial charge is 0.338 e. The van der Waals surface area contributed by atoms with E-state index in [4.69, 9.17) is 30.5 Å². The largest absolute Gasteiger partial charge is 0.497 e. The molecule has 10 nitrogen and oxygen atoms in total. The quantitative estimate of drug-likeness (QED) is 0.0867. The second-order valence-corrected chi connectivity index (χ2v) is 21.4. The fourth-order valence-corrected chi connectivity index (χ4v) is 11.1. The van der Waals surface area contributed by atoms with Crippen molar-refractivity contribution in [1.82, 2.24) is 4.31 Å². The molecule has 7 rings (SSSR count). The molecule has 4 aromatic rings. The average molecular weight is 900 g/mol. The Morgan fingerprint density at radius 2 is 1.63 bits per heavy atom. The van der Waals surface area contributed by atoms with Crippen LogP contribution in [0.1, 0.15) is 98.8 Å². The lowest BCUT2D eigenvalue weighted by atomic mass is 9.68. The number of sulfonamides is 1. The second kappa shape index (κ2) is 19.7. The molecule has 1 aliphatic heterocycles. The number of benzene rings is 4. The molecule has 4 aromatic carbocycles. The number of carbonyl (C=O) groups is 1. The molecule has 0 aromatic heterocycles. The van der Waals surface area contributed by atoms with Crippen molar-refractivity contribution >= 4 is 33.3 Å². The zero-order valence-electron chi connectivity index (χ0n) is 37.5. The number of fused-ring (bicyclic) bond motifs is 3. The maximum absolute atomic E-state index is 14.2. The topological polar surface area (TPSA) is 115 Å². The van der Waals surface area contributed by atoms with Crippen molar-refractivity contribution < 1.29 is 37.3 Å². The number of anilines is 1. The maximum atomic E-state index is 14.2. The summed E-state index contributed by atoms with van der Waals surface area (Å²) in [5, 5.41) is 11.7.